The van der Waals surface area contributed by atoms with Gasteiger partial charge in [0.05, 0.1) is 13.2 Å². The maximum Gasteiger partial charge on any atom is 0.376 e. The molecule has 2 atom stereocenters. The first-order chi connectivity index (χ1) is 7.40. The highest BCUT2D eigenvalue weighted by molar-refractivity contribution is 7.72. The molecule has 0 aromatic rings. The maximum absolute atomic E-state index is 13.8. The minimum absolute atomic E-state index is 0.0403. The summed E-state index contributed by atoms with van der Waals surface area (Å²) in [5.74, 6) is 0. The van der Waals surface area contributed by atoms with Gasteiger partial charge in [-0.25, -0.2) is 4.39 Å². The van der Waals surface area contributed by atoms with Crippen molar-refractivity contribution in [3.8, 4) is 0 Å². The summed E-state index contributed by atoms with van der Waals surface area (Å²) in [5, 5.41) is 0. The summed E-state index contributed by atoms with van der Waals surface area (Å²) < 4.78 is 55.7. The molecule has 0 aliphatic rings. The molecule has 16 heavy (non-hydrogen) atoms. The molecule has 0 aliphatic heterocycles. The lowest BCUT2D eigenvalue weighted by Crippen LogP contribution is -2.11. The zero-order valence-electron chi connectivity index (χ0n) is 9.71. The van der Waals surface area contributed by atoms with Crippen molar-refractivity contribution in [3.63, 3.8) is 0 Å². The number of alkyl halides is 1. The van der Waals surface area contributed by atoms with E-state index in [4.69, 9.17) is 0 Å². The molecule has 0 heterocycles. The second-order valence-electron chi connectivity index (χ2n) is 2.59. The van der Waals surface area contributed by atoms with E-state index in [2.05, 4.69) is 18.1 Å². The molecular weight excluding hydrogens is 261 g/mol. The molecular formula is C7H17FO6P2. The lowest BCUT2D eigenvalue weighted by molar-refractivity contribution is 0.193. The van der Waals surface area contributed by atoms with Crippen LogP contribution in [0.25, 0.3) is 0 Å². The van der Waals surface area contributed by atoms with Crippen molar-refractivity contribution in [2.75, 3.05) is 27.4 Å². The predicted molar refractivity (Wildman–Crippen MR) is 57.4 cm³/mol. The van der Waals surface area contributed by atoms with Gasteiger partial charge in [0, 0.05) is 14.2 Å². The molecule has 9 heteroatoms. The minimum Gasteiger partial charge on any atom is -0.309 e. The number of hydrogen-bond acceptors (Lipinski definition) is 6. The Bertz CT molecular complexity index is 269. The average Bonchev–Trinajstić information content (AvgIpc) is 2.28. The lowest BCUT2D eigenvalue weighted by Gasteiger charge is -2.24. The topological polar surface area (TPSA) is 71.1 Å². The smallest absolute Gasteiger partial charge is 0.309 e. The highest BCUT2D eigenvalue weighted by Gasteiger charge is 2.51. The van der Waals surface area contributed by atoms with Gasteiger partial charge in [0.2, 0.25) is 0 Å². The van der Waals surface area contributed by atoms with Gasteiger partial charge in [0.1, 0.15) is 0 Å². The van der Waals surface area contributed by atoms with Gasteiger partial charge in [-0.3, -0.25) is 9.13 Å². The molecule has 0 rings (SSSR count). The van der Waals surface area contributed by atoms with E-state index < -0.39 is 20.8 Å². The van der Waals surface area contributed by atoms with Crippen LogP contribution in [0.1, 0.15) is 13.8 Å². The summed E-state index contributed by atoms with van der Waals surface area (Å²) in [6, 6.07) is 0. The van der Waals surface area contributed by atoms with Gasteiger partial charge in [0.15, 0.2) is 0 Å². The van der Waals surface area contributed by atoms with Crippen molar-refractivity contribution in [2.45, 2.75) is 19.5 Å². The van der Waals surface area contributed by atoms with E-state index in [1.54, 1.807) is 0 Å². The molecule has 2 unspecified atom stereocenters. The third-order valence-electron chi connectivity index (χ3n) is 1.65. The van der Waals surface area contributed by atoms with Gasteiger partial charge in [0.25, 0.3) is 0 Å². The SMILES string of the molecule is CCOP(=O)(OC)C(F)P(=O)(OC)OCC. The number of rotatable bonds is 8. The molecule has 0 saturated heterocycles. The summed E-state index contributed by atoms with van der Waals surface area (Å²) in [5.41, 5.74) is -2.45. The van der Waals surface area contributed by atoms with E-state index in [9.17, 15) is 13.5 Å². The van der Waals surface area contributed by atoms with Crippen molar-refractivity contribution in [2.24, 2.45) is 0 Å². The Labute approximate surface area is 94.5 Å². The fourth-order valence-electron chi connectivity index (χ4n) is 0.935. The monoisotopic (exact) mass is 278 g/mol. The third-order valence-corrected chi connectivity index (χ3v) is 6.64. The van der Waals surface area contributed by atoms with Gasteiger partial charge in [-0.05, 0) is 13.8 Å². The molecule has 0 saturated carbocycles. The zero-order valence-corrected chi connectivity index (χ0v) is 11.5. The Morgan fingerprint density at radius 1 is 1.00 bits per heavy atom. The van der Waals surface area contributed by atoms with E-state index in [-0.39, 0.29) is 13.2 Å². The quantitative estimate of drug-likeness (QED) is 0.635. The Hall–Kier alpha value is 0.230. The largest absolute Gasteiger partial charge is 0.376 e. The van der Waals surface area contributed by atoms with Crippen molar-refractivity contribution in [3.05, 3.63) is 0 Å². The molecule has 0 aromatic carbocycles. The van der Waals surface area contributed by atoms with E-state index in [1.807, 2.05) is 0 Å². The highest BCUT2D eigenvalue weighted by Crippen LogP contribution is 2.70. The van der Waals surface area contributed by atoms with Crippen LogP contribution in [0.3, 0.4) is 0 Å². The number of halogens is 1. The maximum atomic E-state index is 13.8. The molecule has 0 N–H and O–H groups in total. The molecule has 0 bridgehead atoms. The van der Waals surface area contributed by atoms with Crippen LogP contribution in [0.2, 0.25) is 0 Å². The molecule has 6 nitrogen and oxygen atoms in total. The van der Waals surface area contributed by atoms with Crippen LogP contribution in [0.15, 0.2) is 0 Å². The summed E-state index contributed by atoms with van der Waals surface area (Å²) in [6.07, 6.45) is 0. The van der Waals surface area contributed by atoms with Crippen molar-refractivity contribution in [1.29, 1.82) is 0 Å². The Kier molecular flexibility index (Phi) is 6.94. The zero-order chi connectivity index (χ0) is 12.8. The van der Waals surface area contributed by atoms with Crippen molar-refractivity contribution in [1.82, 2.24) is 0 Å². The van der Waals surface area contributed by atoms with Crippen LogP contribution >= 0.6 is 15.2 Å². The lowest BCUT2D eigenvalue weighted by atomic mass is 10.9. The van der Waals surface area contributed by atoms with Crippen LogP contribution < -0.4 is 0 Å². The van der Waals surface area contributed by atoms with E-state index >= 15 is 0 Å². The van der Waals surface area contributed by atoms with Gasteiger partial charge < -0.3 is 18.1 Å². The first-order valence-corrected chi connectivity index (χ1v) is 7.86. The fraction of sp³-hybridized carbons (Fsp3) is 1.00. The molecule has 0 aromatic heterocycles. The summed E-state index contributed by atoms with van der Waals surface area (Å²) in [6.45, 7) is 2.94. The first-order valence-electron chi connectivity index (χ1n) is 4.64. The molecule has 98 valence electrons. The number of hydrogen-bond donors (Lipinski definition) is 0. The van der Waals surface area contributed by atoms with E-state index in [1.165, 1.54) is 13.8 Å². The first kappa shape index (κ1) is 16.2. The van der Waals surface area contributed by atoms with Crippen LogP contribution in [-0.4, -0.2) is 33.1 Å². The summed E-state index contributed by atoms with van der Waals surface area (Å²) in [4.78, 5) is 0. The fourth-order valence-corrected chi connectivity index (χ4v) is 4.81. The van der Waals surface area contributed by atoms with E-state index in [0.29, 0.717) is 0 Å². The van der Waals surface area contributed by atoms with Gasteiger partial charge in [-0.2, -0.15) is 0 Å². The minimum atomic E-state index is -4.14. The molecule has 0 radical (unpaired) electrons. The Morgan fingerprint density at radius 3 is 1.50 bits per heavy atom. The van der Waals surface area contributed by atoms with Crippen molar-refractivity contribution < 1.29 is 31.6 Å². The van der Waals surface area contributed by atoms with Crippen LogP contribution in [0.5, 0.6) is 0 Å². The van der Waals surface area contributed by atoms with Gasteiger partial charge in [-0.1, -0.05) is 0 Å². The second kappa shape index (κ2) is 6.84. The summed E-state index contributed by atoms with van der Waals surface area (Å²) in [7, 11) is -6.26. The van der Waals surface area contributed by atoms with Crippen LogP contribution in [-0.2, 0) is 27.2 Å². The third kappa shape index (κ3) is 3.62. The van der Waals surface area contributed by atoms with Crippen LogP contribution in [0, 0.1) is 0 Å². The highest BCUT2D eigenvalue weighted by atomic mass is 31.2. The molecule has 0 spiro atoms. The normalized spacial score (nSPS) is 21.1. The summed E-state index contributed by atoms with van der Waals surface area (Å²) >= 11 is 0. The average molecular weight is 278 g/mol. The van der Waals surface area contributed by atoms with Crippen molar-refractivity contribution >= 4 is 15.2 Å². The van der Waals surface area contributed by atoms with Gasteiger partial charge >= 0.3 is 20.8 Å². The predicted octanol–water partition coefficient (Wildman–Crippen LogP) is 2.99. The molecule has 0 aliphatic carbocycles. The Morgan fingerprint density at radius 2 is 1.31 bits per heavy atom. The van der Waals surface area contributed by atoms with Gasteiger partial charge in [-0.15, -0.1) is 0 Å². The standard InChI is InChI=1S/C7H17FO6P2/c1-5-13-15(9,11-3)7(8)16(10,12-4)14-6-2/h7H,5-6H2,1-4H3. The Balaban J connectivity index is 5.05. The molecule has 0 fully saturated rings. The van der Waals surface area contributed by atoms with Crippen LogP contribution in [0.4, 0.5) is 4.39 Å². The second-order valence-corrected chi connectivity index (χ2v) is 7.31. The van der Waals surface area contributed by atoms with E-state index in [0.717, 1.165) is 14.2 Å². The molecule has 0 amide bonds.